The van der Waals surface area contributed by atoms with Crippen molar-refractivity contribution in [3.63, 3.8) is 0 Å². The molecule has 1 amide bonds. The van der Waals surface area contributed by atoms with Crippen molar-refractivity contribution in [1.29, 1.82) is 0 Å². The van der Waals surface area contributed by atoms with E-state index >= 15 is 0 Å². The van der Waals surface area contributed by atoms with E-state index < -0.39 is 5.97 Å². The SMILES string of the molecule is CC(=O)N1CCN(Cc2cccc(C=CC(=O)O)c2)CC1. The van der Waals surface area contributed by atoms with E-state index in [1.165, 1.54) is 0 Å². The molecule has 0 unspecified atom stereocenters. The van der Waals surface area contributed by atoms with Crippen LogP contribution in [0.25, 0.3) is 6.08 Å². The number of carbonyl (C=O) groups is 2. The van der Waals surface area contributed by atoms with Gasteiger partial charge in [-0.3, -0.25) is 9.69 Å². The average molecular weight is 288 g/mol. The molecule has 1 aliphatic rings. The summed E-state index contributed by atoms with van der Waals surface area (Å²) in [6, 6.07) is 7.85. The number of aliphatic carboxylic acids is 1. The molecule has 21 heavy (non-hydrogen) atoms. The lowest BCUT2D eigenvalue weighted by atomic mass is 10.1. The Morgan fingerprint density at radius 3 is 2.57 bits per heavy atom. The fraction of sp³-hybridized carbons (Fsp3) is 0.375. The van der Waals surface area contributed by atoms with Gasteiger partial charge in [0.25, 0.3) is 0 Å². The first-order valence-electron chi connectivity index (χ1n) is 7.02. The van der Waals surface area contributed by atoms with Crippen molar-refractivity contribution in [2.24, 2.45) is 0 Å². The molecule has 0 radical (unpaired) electrons. The number of benzene rings is 1. The molecule has 0 saturated carbocycles. The largest absolute Gasteiger partial charge is 0.478 e. The predicted molar refractivity (Wildman–Crippen MR) is 80.6 cm³/mol. The Morgan fingerprint density at radius 1 is 1.24 bits per heavy atom. The van der Waals surface area contributed by atoms with Crippen LogP contribution in [-0.4, -0.2) is 53.0 Å². The van der Waals surface area contributed by atoms with Crippen LogP contribution in [0.4, 0.5) is 0 Å². The molecular weight excluding hydrogens is 268 g/mol. The Hall–Kier alpha value is -2.14. The normalized spacial score (nSPS) is 16.3. The molecule has 1 heterocycles. The van der Waals surface area contributed by atoms with E-state index in [4.69, 9.17) is 5.11 Å². The maximum absolute atomic E-state index is 11.3. The third kappa shape index (κ3) is 4.72. The fourth-order valence-electron chi connectivity index (χ4n) is 2.44. The topological polar surface area (TPSA) is 60.9 Å². The summed E-state index contributed by atoms with van der Waals surface area (Å²) in [4.78, 5) is 26.0. The maximum atomic E-state index is 11.3. The summed E-state index contributed by atoms with van der Waals surface area (Å²) in [6.45, 7) is 5.71. The van der Waals surface area contributed by atoms with Gasteiger partial charge in [-0.25, -0.2) is 4.79 Å². The van der Waals surface area contributed by atoms with E-state index in [0.717, 1.165) is 49.9 Å². The third-order valence-electron chi connectivity index (χ3n) is 3.59. The summed E-state index contributed by atoms with van der Waals surface area (Å²) in [5.41, 5.74) is 2.04. The zero-order valence-corrected chi connectivity index (χ0v) is 12.2. The van der Waals surface area contributed by atoms with Crippen molar-refractivity contribution < 1.29 is 14.7 Å². The summed E-state index contributed by atoms with van der Waals surface area (Å²) in [5, 5.41) is 8.65. The van der Waals surface area contributed by atoms with Gasteiger partial charge >= 0.3 is 5.97 Å². The molecule has 5 nitrogen and oxygen atoms in total. The van der Waals surface area contributed by atoms with Crippen molar-refractivity contribution >= 4 is 18.0 Å². The average Bonchev–Trinajstić information content (AvgIpc) is 2.46. The van der Waals surface area contributed by atoms with Crippen molar-refractivity contribution in [3.8, 4) is 0 Å². The molecule has 1 N–H and O–H groups in total. The standard InChI is InChI=1S/C16H20N2O3/c1-13(19)18-9-7-17(8-10-18)12-15-4-2-3-14(11-15)5-6-16(20)21/h2-6,11H,7-10,12H2,1H3,(H,20,21). The summed E-state index contributed by atoms with van der Waals surface area (Å²) in [7, 11) is 0. The molecule has 1 aromatic carbocycles. The van der Waals surface area contributed by atoms with Crippen molar-refractivity contribution in [2.45, 2.75) is 13.5 Å². The van der Waals surface area contributed by atoms with Gasteiger partial charge in [0.2, 0.25) is 5.91 Å². The van der Waals surface area contributed by atoms with E-state index in [1.807, 2.05) is 29.2 Å². The lowest BCUT2D eigenvalue weighted by Crippen LogP contribution is -2.47. The van der Waals surface area contributed by atoms with Gasteiger partial charge in [0.1, 0.15) is 0 Å². The summed E-state index contributed by atoms with van der Waals surface area (Å²) >= 11 is 0. The van der Waals surface area contributed by atoms with Crippen LogP contribution in [0.5, 0.6) is 0 Å². The van der Waals surface area contributed by atoms with Crippen molar-refractivity contribution in [1.82, 2.24) is 9.80 Å². The Labute approximate surface area is 124 Å². The second-order valence-electron chi connectivity index (χ2n) is 5.20. The van der Waals surface area contributed by atoms with Crippen LogP contribution in [-0.2, 0) is 16.1 Å². The van der Waals surface area contributed by atoms with E-state index in [2.05, 4.69) is 4.90 Å². The first-order chi connectivity index (χ1) is 10.0. The van der Waals surface area contributed by atoms with Crippen molar-refractivity contribution in [3.05, 3.63) is 41.5 Å². The fourth-order valence-corrected chi connectivity index (χ4v) is 2.44. The van der Waals surface area contributed by atoms with E-state index in [9.17, 15) is 9.59 Å². The molecule has 0 aliphatic carbocycles. The summed E-state index contributed by atoms with van der Waals surface area (Å²) < 4.78 is 0. The molecule has 0 bridgehead atoms. The Morgan fingerprint density at radius 2 is 1.95 bits per heavy atom. The molecule has 1 saturated heterocycles. The molecule has 1 aliphatic heterocycles. The molecule has 1 aromatic rings. The second-order valence-corrected chi connectivity index (χ2v) is 5.20. The number of carboxylic acids is 1. The highest BCUT2D eigenvalue weighted by Gasteiger charge is 2.18. The van der Waals surface area contributed by atoms with Gasteiger partial charge in [0.05, 0.1) is 0 Å². The van der Waals surface area contributed by atoms with Gasteiger partial charge in [-0.1, -0.05) is 24.3 Å². The predicted octanol–water partition coefficient (Wildman–Crippen LogP) is 1.45. The molecule has 2 rings (SSSR count). The minimum Gasteiger partial charge on any atom is -0.478 e. The molecule has 0 spiro atoms. The van der Waals surface area contributed by atoms with E-state index in [-0.39, 0.29) is 5.91 Å². The van der Waals surface area contributed by atoms with E-state index in [1.54, 1.807) is 13.0 Å². The van der Waals surface area contributed by atoms with Gasteiger partial charge in [0, 0.05) is 45.7 Å². The van der Waals surface area contributed by atoms with Crippen LogP contribution >= 0.6 is 0 Å². The van der Waals surface area contributed by atoms with Gasteiger partial charge in [-0.15, -0.1) is 0 Å². The smallest absolute Gasteiger partial charge is 0.328 e. The highest BCUT2D eigenvalue weighted by molar-refractivity contribution is 5.85. The Bertz CT molecular complexity index is 546. The number of nitrogens with zero attached hydrogens (tertiary/aromatic N) is 2. The molecule has 112 valence electrons. The van der Waals surface area contributed by atoms with Crippen molar-refractivity contribution in [2.75, 3.05) is 26.2 Å². The van der Waals surface area contributed by atoms with Crippen LogP contribution in [0.1, 0.15) is 18.1 Å². The van der Waals surface area contributed by atoms with Crippen LogP contribution < -0.4 is 0 Å². The summed E-state index contributed by atoms with van der Waals surface area (Å²) in [6.07, 6.45) is 2.74. The number of carbonyl (C=O) groups excluding carboxylic acids is 1. The molecular formula is C16H20N2O3. The first kappa shape index (κ1) is 15.3. The third-order valence-corrected chi connectivity index (χ3v) is 3.59. The number of hydrogen-bond acceptors (Lipinski definition) is 3. The lowest BCUT2D eigenvalue weighted by Gasteiger charge is -2.34. The highest BCUT2D eigenvalue weighted by Crippen LogP contribution is 2.12. The maximum Gasteiger partial charge on any atom is 0.328 e. The molecule has 5 heteroatoms. The van der Waals surface area contributed by atoms with Crippen LogP contribution in [0.2, 0.25) is 0 Å². The zero-order chi connectivity index (χ0) is 15.2. The van der Waals surface area contributed by atoms with Gasteiger partial charge in [0.15, 0.2) is 0 Å². The Kier molecular flexibility index (Phi) is 5.11. The van der Waals surface area contributed by atoms with E-state index in [0.29, 0.717) is 0 Å². The van der Waals surface area contributed by atoms with Crippen LogP contribution in [0.3, 0.4) is 0 Å². The molecule has 1 fully saturated rings. The zero-order valence-electron chi connectivity index (χ0n) is 12.2. The first-order valence-corrected chi connectivity index (χ1v) is 7.02. The van der Waals surface area contributed by atoms with Gasteiger partial charge < -0.3 is 10.0 Å². The summed E-state index contributed by atoms with van der Waals surface area (Å²) in [5.74, 6) is -0.809. The molecule has 0 aromatic heterocycles. The monoisotopic (exact) mass is 288 g/mol. The minimum absolute atomic E-state index is 0.135. The minimum atomic E-state index is -0.944. The second kappa shape index (κ2) is 7.04. The lowest BCUT2D eigenvalue weighted by molar-refractivity contribution is -0.131. The highest BCUT2D eigenvalue weighted by atomic mass is 16.4. The number of carboxylic acid groups (broad SMARTS) is 1. The Balaban J connectivity index is 1.93. The van der Waals surface area contributed by atoms with Crippen LogP contribution in [0, 0.1) is 0 Å². The number of rotatable bonds is 4. The number of piperazine rings is 1. The number of hydrogen-bond donors (Lipinski definition) is 1. The molecule has 0 atom stereocenters. The van der Waals surface area contributed by atoms with Gasteiger partial charge in [-0.2, -0.15) is 0 Å². The van der Waals surface area contributed by atoms with Gasteiger partial charge in [-0.05, 0) is 17.2 Å². The number of amides is 1. The van der Waals surface area contributed by atoms with Crippen LogP contribution in [0.15, 0.2) is 30.3 Å². The quantitative estimate of drug-likeness (QED) is 0.852.